The number of hydrogen-bond acceptors (Lipinski definition) is 1. The third kappa shape index (κ3) is 4.12. The predicted octanol–water partition coefficient (Wildman–Crippen LogP) is 5.52. The fraction of sp³-hybridized carbons (Fsp3) is 0.167. The Bertz CT molecular complexity index is 723. The number of nitrogens with one attached hydrogen (secondary N) is 1. The molecule has 0 radical (unpaired) electrons. The third-order valence-corrected chi connectivity index (χ3v) is 4.10. The highest BCUT2D eigenvalue weighted by Crippen LogP contribution is 2.23. The molecule has 0 unspecified atom stereocenters. The van der Waals surface area contributed by atoms with E-state index in [1.54, 1.807) is 18.2 Å². The summed E-state index contributed by atoms with van der Waals surface area (Å²) in [6, 6.07) is 11.2. The minimum atomic E-state index is -0.171. The van der Waals surface area contributed by atoms with Gasteiger partial charge in [0.25, 0.3) is 0 Å². The van der Waals surface area contributed by atoms with Crippen molar-refractivity contribution < 1.29 is 4.79 Å². The van der Waals surface area contributed by atoms with Crippen LogP contribution in [0.1, 0.15) is 23.6 Å². The molecule has 0 aliphatic carbocycles. The van der Waals surface area contributed by atoms with Gasteiger partial charge < -0.3 is 5.32 Å². The lowest BCUT2D eigenvalue weighted by Crippen LogP contribution is -2.11. The molecule has 0 spiro atoms. The summed E-state index contributed by atoms with van der Waals surface area (Å²) in [7, 11) is 0. The van der Waals surface area contributed by atoms with Crippen LogP contribution in [0, 0.1) is 6.92 Å². The molecular weight excluding hydrogens is 317 g/mol. The van der Waals surface area contributed by atoms with Gasteiger partial charge >= 0.3 is 0 Å². The molecule has 2 nitrogen and oxygen atoms in total. The van der Waals surface area contributed by atoms with Gasteiger partial charge in [0.2, 0.25) is 5.91 Å². The highest BCUT2D eigenvalue weighted by Gasteiger charge is 2.06. The maximum atomic E-state index is 12.1. The van der Waals surface area contributed by atoms with Gasteiger partial charge in [-0.05, 0) is 48.2 Å². The van der Waals surface area contributed by atoms with E-state index in [1.165, 1.54) is 6.08 Å². The summed E-state index contributed by atoms with van der Waals surface area (Å²) in [4.78, 5) is 12.1. The van der Waals surface area contributed by atoms with Crippen LogP contribution in [-0.4, -0.2) is 5.91 Å². The van der Waals surface area contributed by atoms with Crippen molar-refractivity contribution in [2.45, 2.75) is 20.3 Å². The highest BCUT2D eigenvalue weighted by atomic mass is 35.5. The van der Waals surface area contributed by atoms with Crippen molar-refractivity contribution in [2.24, 2.45) is 0 Å². The van der Waals surface area contributed by atoms with Gasteiger partial charge in [0.15, 0.2) is 0 Å². The van der Waals surface area contributed by atoms with Crippen LogP contribution < -0.4 is 5.32 Å². The van der Waals surface area contributed by atoms with Gasteiger partial charge in [0.1, 0.15) is 0 Å². The second-order valence-corrected chi connectivity index (χ2v) is 5.77. The van der Waals surface area contributed by atoms with Gasteiger partial charge in [0, 0.05) is 11.8 Å². The normalized spacial score (nSPS) is 10.9. The number of carbonyl (C=O) groups is 1. The van der Waals surface area contributed by atoms with Gasteiger partial charge in [-0.3, -0.25) is 4.79 Å². The lowest BCUT2D eigenvalue weighted by molar-refractivity contribution is -0.111. The monoisotopic (exact) mass is 333 g/mol. The average molecular weight is 334 g/mol. The van der Waals surface area contributed by atoms with Crippen molar-refractivity contribution in [1.82, 2.24) is 0 Å². The Morgan fingerprint density at radius 1 is 1.18 bits per heavy atom. The first kappa shape index (κ1) is 16.6. The van der Waals surface area contributed by atoms with Gasteiger partial charge in [0.05, 0.1) is 10.0 Å². The van der Waals surface area contributed by atoms with E-state index < -0.39 is 0 Å². The number of rotatable bonds is 4. The molecule has 4 heteroatoms. The highest BCUT2D eigenvalue weighted by molar-refractivity contribution is 6.42. The second-order valence-electron chi connectivity index (χ2n) is 4.96. The molecule has 1 N–H and O–H groups in total. The zero-order valence-corrected chi connectivity index (χ0v) is 14.0. The van der Waals surface area contributed by atoms with Gasteiger partial charge in [-0.15, -0.1) is 0 Å². The van der Waals surface area contributed by atoms with Crippen LogP contribution in [0.3, 0.4) is 0 Å². The number of amides is 1. The van der Waals surface area contributed by atoms with Crippen LogP contribution in [-0.2, 0) is 11.2 Å². The van der Waals surface area contributed by atoms with Crippen molar-refractivity contribution in [1.29, 1.82) is 0 Å². The molecule has 0 aliphatic heterocycles. The number of aryl methyl sites for hydroxylation is 2. The first-order valence-corrected chi connectivity index (χ1v) is 7.79. The Hall–Kier alpha value is -1.77. The Morgan fingerprint density at radius 2 is 1.95 bits per heavy atom. The van der Waals surface area contributed by atoms with Crippen LogP contribution in [0.25, 0.3) is 6.08 Å². The molecule has 2 aromatic carbocycles. The smallest absolute Gasteiger partial charge is 0.248 e. The maximum absolute atomic E-state index is 12.1. The third-order valence-electron chi connectivity index (χ3n) is 3.36. The summed E-state index contributed by atoms with van der Waals surface area (Å²) in [5.74, 6) is -0.171. The van der Waals surface area contributed by atoms with Crippen LogP contribution in [0.4, 0.5) is 5.69 Å². The standard InChI is InChI=1S/C18H17Cl2NO/c1-3-14-6-4-5-12(2)18(14)21-17(22)10-8-13-7-9-15(19)16(20)11-13/h4-11H,3H2,1-2H3,(H,21,22). The fourth-order valence-corrected chi connectivity index (χ4v) is 2.46. The molecule has 0 aromatic heterocycles. The number of benzene rings is 2. The minimum Gasteiger partial charge on any atom is -0.322 e. The number of carbonyl (C=O) groups excluding carboxylic acids is 1. The first-order chi connectivity index (χ1) is 10.5. The van der Waals surface area contributed by atoms with E-state index in [-0.39, 0.29) is 5.91 Å². The van der Waals surface area contributed by atoms with Crippen molar-refractivity contribution in [3.63, 3.8) is 0 Å². The summed E-state index contributed by atoms with van der Waals surface area (Å²) in [5.41, 5.74) is 3.88. The molecule has 2 aromatic rings. The van der Waals surface area contributed by atoms with Crippen molar-refractivity contribution in [3.05, 3.63) is 69.2 Å². The molecule has 0 fully saturated rings. The van der Waals surface area contributed by atoms with E-state index in [9.17, 15) is 4.79 Å². The van der Waals surface area contributed by atoms with Crippen LogP contribution >= 0.6 is 23.2 Å². The molecule has 0 bridgehead atoms. The maximum Gasteiger partial charge on any atom is 0.248 e. The molecule has 0 saturated heterocycles. The summed E-state index contributed by atoms with van der Waals surface area (Å²) in [5, 5.41) is 3.91. The summed E-state index contributed by atoms with van der Waals surface area (Å²) >= 11 is 11.8. The molecule has 0 heterocycles. The number of hydrogen-bond donors (Lipinski definition) is 1. The first-order valence-electron chi connectivity index (χ1n) is 7.04. The van der Waals surface area contributed by atoms with Crippen molar-refractivity contribution >= 4 is 40.9 Å². The number of anilines is 1. The van der Waals surface area contributed by atoms with Crippen LogP contribution in [0.5, 0.6) is 0 Å². The molecule has 0 saturated carbocycles. The second kappa shape index (κ2) is 7.48. The minimum absolute atomic E-state index is 0.171. The van der Waals surface area contributed by atoms with Crippen molar-refractivity contribution in [3.8, 4) is 0 Å². The average Bonchev–Trinajstić information content (AvgIpc) is 2.50. The Morgan fingerprint density at radius 3 is 2.64 bits per heavy atom. The molecule has 1 amide bonds. The predicted molar refractivity (Wildman–Crippen MR) is 94.7 cm³/mol. The van der Waals surface area contributed by atoms with E-state index in [2.05, 4.69) is 12.2 Å². The summed E-state index contributed by atoms with van der Waals surface area (Å²) in [6.45, 7) is 4.05. The van der Waals surface area contributed by atoms with E-state index in [0.29, 0.717) is 10.0 Å². The Balaban J connectivity index is 2.13. The lowest BCUT2D eigenvalue weighted by atomic mass is 10.1. The van der Waals surface area contributed by atoms with E-state index in [4.69, 9.17) is 23.2 Å². The summed E-state index contributed by atoms with van der Waals surface area (Å²) < 4.78 is 0. The molecule has 22 heavy (non-hydrogen) atoms. The molecule has 114 valence electrons. The van der Waals surface area contributed by atoms with E-state index >= 15 is 0 Å². The lowest BCUT2D eigenvalue weighted by Gasteiger charge is -2.11. The van der Waals surface area contributed by atoms with Crippen LogP contribution in [0.15, 0.2) is 42.5 Å². The van der Waals surface area contributed by atoms with Gasteiger partial charge in [-0.25, -0.2) is 0 Å². The molecule has 2 rings (SSSR count). The zero-order chi connectivity index (χ0) is 16.1. The van der Waals surface area contributed by atoms with Crippen molar-refractivity contribution in [2.75, 3.05) is 5.32 Å². The van der Waals surface area contributed by atoms with E-state index in [1.807, 2.05) is 31.2 Å². The molecule has 0 aliphatic rings. The summed E-state index contributed by atoms with van der Waals surface area (Å²) in [6.07, 6.45) is 4.07. The fourth-order valence-electron chi connectivity index (χ4n) is 2.15. The van der Waals surface area contributed by atoms with Gasteiger partial charge in [-0.2, -0.15) is 0 Å². The zero-order valence-electron chi connectivity index (χ0n) is 12.5. The SMILES string of the molecule is CCc1cccc(C)c1NC(=O)C=Cc1ccc(Cl)c(Cl)c1. The Labute approximate surface area is 140 Å². The van der Waals surface area contributed by atoms with E-state index in [0.717, 1.165) is 28.8 Å². The largest absolute Gasteiger partial charge is 0.322 e. The number of halogens is 2. The quantitative estimate of drug-likeness (QED) is 0.733. The molecule has 0 atom stereocenters. The number of para-hydroxylation sites is 1. The molecular formula is C18H17Cl2NO. The topological polar surface area (TPSA) is 29.1 Å². The van der Waals surface area contributed by atoms with Gasteiger partial charge in [-0.1, -0.05) is 54.4 Å². The Kier molecular flexibility index (Phi) is 5.64. The van der Waals surface area contributed by atoms with Crippen LogP contribution in [0.2, 0.25) is 10.0 Å².